The van der Waals surface area contributed by atoms with Crippen LogP contribution in [0.4, 0.5) is 5.82 Å². The van der Waals surface area contributed by atoms with Crippen LogP contribution in [0.5, 0.6) is 0 Å². The van der Waals surface area contributed by atoms with Crippen molar-refractivity contribution in [2.75, 3.05) is 11.9 Å². The summed E-state index contributed by atoms with van der Waals surface area (Å²) in [7, 11) is 3.86. The van der Waals surface area contributed by atoms with E-state index in [1.165, 1.54) is 0 Å². The molecular formula is C13H18N4O. The average molecular weight is 246 g/mol. The molecule has 5 nitrogen and oxygen atoms in total. The van der Waals surface area contributed by atoms with Gasteiger partial charge in [-0.25, -0.2) is 0 Å². The van der Waals surface area contributed by atoms with Crippen molar-refractivity contribution in [1.82, 2.24) is 14.8 Å². The van der Waals surface area contributed by atoms with Crippen molar-refractivity contribution in [3.63, 3.8) is 0 Å². The first-order chi connectivity index (χ1) is 8.63. The molecule has 0 amide bonds. The van der Waals surface area contributed by atoms with Crippen molar-refractivity contribution in [1.29, 1.82) is 0 Å². The van der Waals surface area contributed by atoms with Crippen molar-refractivity contribution >= 4 is 5.82 Å². The van der Waals surface area contributed by atoms with Gasteiger partial charge in [0.15, 0.2) is 0 Å². The topological polar surface area (TPSA) is 54.2 Å². The number of aliphatic hydroxyl groups excluding tert-OH is 1. The lowest BCUT2D eigenvalue weighted by molar-refractivity contribution is 0.281. The average Bonchev–Trinajstić information content (AvgIpc) is 2.64. The molecule has 0 aliphatic carbocycles. The molecule has 2 aromatic heterocycles. The molecule has 0 unspecified atom stereocenters. The van der Waals surface area contributed by atoms with E-state index in [-0.39, 0.29) is 6.61 Å². The molecule has 2 rings (SSSR count). The number of aromatic nitrogens is 3. The van der Waals surface area contributed by atoms with Crippen molar-refractivity contribution in [2.24, 2.45) is 7.05 Å². The minimum Gasteiger partial charge on any atom is -0.391 e. The van der Waals surface area contributed by atoms with Gasteiger partial charge in [0.05, 0.1) is 24.5 Å². The molecule has 0 saturated heterocycles. The van der Waals surface area contributed by atoms with E-state index in [9.17, 15) is 5.11 Å². The third-order valence-electron chi connectivity index (χ3n) is 2.96. The molecule has 0 radical (unpaired) electrons. The Morgan fingerprint density at radius 1 is 1.39 bits per heavy atom. The third-order valence-corrected chi connectivity index (χ3v) is 2.96. The minimum atomic E-state index is 0.00155. The monoisotopic (exact) mass is 246 g/mol. The Morgan fingerprint density at radius 2 is 2.17 bits per heavy atom. The van der Waals surface area contributed by atoms with Gasteiger partial charge in [-0.3, -0.25) is 9.67 Å². The van der Waals surface area contributed by atoms with Crippen LogP contribution in [-0.4, -0.2) is 26.9 Å². The van der Waals surface area contributed by atoms with Crippen LogP contribution in [0.3, 0.4) is 0 Å². The van der Waals surface area contributed by atoms with Crippen LogP contribution >= 0.6 is 0 Å². The van der Waals surface area contributed by atoms with Gasteiger partial charge in [-0.1, -0.05) is 6.07 Å². The fourth-order valence-electron chi connectivity index (χ4n) is 2.16. The second-order valence-corrected chi connectivity index (χ2v) is 4.35. The normalized spacial score (nSPS) is 10.7. The van der Waals surface area contributed by atoms with Gasteiger partial charge in [0, 0.05) is 25.9 Å². The fraction of sp³-hybridized carbons (Fsp3) is 0.385. The van der Waals surface area contributed by atoms with Crippen LogP contribution in [-0.2, 0) is 20.2 Å². The second-order valence-electron chi connectivity index (χ2n) is 4.35. The maximum atomic E-state index is 9.43. The first-order valence-electron chi connectivity index (χ1n) is 5.88. The van der Waals surface area contributed by atoms with E-state index in [1.807, 2.05) is 44.1 Å². The molecule has 96 valence electrons. The zero-order valence-electron chi connectivity index (χ0n) is 11.0. The Labute approximate surface area is 107 Å². The molecule has 0 aliphatic heterocycles. The van der Waals surface area contributed by atoms with E-state index in [2.05, 4.69) is 10.1 Å². The molecule has 1 N–H and O–H groups in total. The lowest BCUT2D eigenvalue weighted by atomic mass is 10.2. The predicted octanol–water partition coefficient (Wildman–Crippen LogP) is 1.25. The SMILES string of the molecule is Cc1nn(C)c(N(C)Cc2ccccn2)c1CO. The molecule has 0 spiro atoms. The number of anilines is 1. The Hall–Kier alpha value is -1.88. The maximum Gasteiger partial charge on any atom is 0.132 e. The number of aryl methyl sites for hydroxylation is 2. The van der Waals surface area contributed by atoms with Gasteiger partial charge in [0.25, 0.3) is 0 Å². The molecule has 2 heterocycles. The Balaban J connectivity index is 2.26. The van der Waals surface area contributed by atoms with E-state index in [4.69, 9.17) is 0 Å². The Kier molecular flexibility index (Phi) is 3.62. The minimum absolute atomic E-state index is 0.00155. The van der Waals surface area contributed by atoms with E-state index >= 15 is 0 Å². The molecule has 5 heteroatoms. The van der Waals surface area contributed by atoms with E-state index in [0.29, 0.717) is 6.54 Å². The van der Waals surface area contributed by atoms with Gasteiger partial charge in [-0.15, -0.1) is 0 Å². The summed E-state index contributed by atoms with van der Waals surface area (Å²) < 4.78 is 1.80. The smallest absolute Gasteiger partial charge is 0.132 e. The predicted molar refractivity (Wildman–Crippen MR) is 70.2 cm³/mol. The quantitative estimate of drug-likeness (QED) is 0.882. The van der Waals surface area contributed by atoms with E-state index < -0.39 is 0 Å². The highest BCUT2D eigenvalue weighted by molar-refractivity contribution is 5.49. The van der Waals surface area contributed by atoms with Crippen LogP contribution in [0, 0.1) is 6.92 Å². The van der Waals surface area contributed by atoms with Gasteiger partial charge in [-0.2, -0.15) is 5.10 Å². The van der Waals surface area contributed by atoms with Gasteiger partial charge in [0.2, 0.25) is 0 Å². The number of aliphatic hydroxyl groups is 1. The summed E-state index contributed by atoms with van der Waals surface area (Å²) in [6.07, 6.45) is 1.78. The molecule has 18 heavy (non-hydrogen) atoms. The van der Waals surface area contributed by atoms with Gasteiger partial charge in [0.1, 0.15) is 5.82 Å². The van der Waals surface area contributed by atoms with Crippen LogP contribution in [0.1, 0.15) is 17.0 Å². The summed E-state index contributed by atoms with van der Waals surface area (Å²) in [5.74, 6) is 0.931. The van der Waals surface area contributed by atoms with Crippen molar-refractivity contribution < 1.29 is 5.11 Å². The summed E-state index contributed by atoms with van der Waals surface area (Å²) >= 11 is 0. The first kappa shape index (κ1) is 12.6. The summed E-state index contributed by atoms with van der Waals surface area (Å²) in [6.45, 7) is 2.60. The van der Waals surface area contributed by atoms with Crippen LogP contribution < -0.4 is 4.90 Å². The molecule has 0 aliphatic rings. The number of hydrogen-bond acceptors (Lipinski definition) is 4. The fourth-order valence-corrected chi connectivity index (χ4v) is 2.16. The van der Waals surface area contributed by atoms with Gasteiger partial charge >= 0.3 is 0 Å². The third kappa shape index (κ3) is 2.36. The highest BCUT2D eigenvalue weighted by Crippen LogP contribution is 2.23. The zero-order chi connectivity index (χ0) is 13.1. The largest absolute Gasteiger partial charge is 0.391 e. The lowest BCUT2D eigenvalue weighted by Crippen LogP contribution is -2.21. The maximum absolute atomic E-state index is 9.43. The summed E-state index contributed by atoms with van der Waals surface area (Å²) in [5.41, 5.74) is 2.72. The summed E-state index contributed by atoms with van der Waals surface area (Å²) in [5, 5.41) is 13.8. The molecule has 0 bridgehead atoms. The second kappa shape index (κ2) is 5.18. The number of pyridine rings is 1. The summed E-state index contributed by atoms with van der Waals surface area (Å²) in [6, 6.07) is 5.85. The Bertz CT molecular complexity index is 521. The van der Waals surface area contributed by atoms with Gasteiger partial charge in [-0.05, 0) is 19.1 Å². The lowest BCUT2D eigenvalue weighted by Gasteiger charge is -2.20. The number of nitrogens with zero attached hydrogens (tertiary/aromatic N) is 4. The van der Waals surface area contributed by atoms with Gasteiger partial charge < -0.3 is 10.0 Å². The van der Waals surface area contributed by atoms with E-state index in [1.54, 1.807) is 10.9 Å². The molecule has 0 saturated carbocycles. The summed E-state index contributed by atoms with van der Waals surface area (Å²) in [4.78, 5) is 6.35. The van der Waals surface area contributed by atoms with Crippen LogP contribution in [0.25, 0.3) is 0 Å². The molecule has 0 atom stereocenters. The highest BCUT2D eigenvalue weighted by Gasteiger charge is 2.16. The number of rotatable bonds is 4. The standard InChI is InChI=1S/C13H18N4O/c1-10-12(9-18)13(17(3)15-10)16(2)8-11-6-4-5-7-14-11/h4-7,18H,8-9H2,1-3H3. The molecule has 0 aromatic carbocycles. The molecule has 2 aromatic rings. The van der Waals surface area contributed by atoms with Crippen molar-refractivity contribution in [3.05, 3.63) is 41.3 Å². The van der Waals surface area contributed by atoms with Crippen molar-refractivity contribution in [3.8, 4) is 0 Å². The number of hydrogen-bond donors (Lipinski definition) is 1. The van der Waals surface area contributed by atoms with Crippen LogP contribution in [0.2, 0.25) is 0 Å². The molecular weight excluding hydrogens is 228 g/mol. The van der Waals surface area contributed by atoms with E-state index in [0.717, 1.165) is 22.8 Å². The zero-order valence-corrected chi connectivity index (χ0v) is 11.0. The first-order valence-corrected chi connectivity index (χ1v) is 5.88. The van der Waals surface area contributed by atoms with Crippen molar-refractivity contribution in [2.45, 2.75) is 20.1 Å². The Morgan fingerprint density at radius 3 is 2.78 bits per heavy atom. The highest BCUT2D eigenvalue weighted by atomic mass is 16.3. The molecule has 0 fully saturated rings. The van der Waals surface area contributed by atoms with Crippen LogP contribution in [0.15, 0.2) is 24.4 Å².